The topological polar surface area (TPSA) is 52.0 Å². The van der Waals surface area contributed by atoms with Gasteiger partial charge in [-0.2, -0.15) is 8.78 Å². The van der Waals surface area contributed by atoms with Crippen LogP contribution in [0.5, 0.6) is 0 Å². The van der Waals surface area contributed by atoms with Crippen LogP contribution in [0.1, 0.15) is 6.42 Å². The Labute approximate surface area is 115 Å². The van der Waals surface area contributed by atoms with Crippen molar-refractivity contribution in [3.05, 3.63) is 54.9 Å². The number of benzene rings is 1. The number of hydrogen-bond acceptors (Lipinski definition) is 3. The zero-order valence-corrected chi connectivity index (χ0v) is 11.2. The summed E-state index contributed by atoms with van der Waals surface area (Å²) in [5, 5.41) is -0.142. The maximum Gasteiger partial charge on any atom is 0.266 e. The van der Waals surface area contributed by atoms with Gasteiger partial charge in [0.25, 0.3) is 6.08 Å². The molecule has 0 N–H and O–H groups in total. The van der Waals surface area contributed by atoms with Crippen molar-refractivity contribution in [1.82, 2.24) is 9.55 Å². The highest BCUT2D eigenvalue weighted by Gasteiger charge is 2.20. The number of halogens is 2. The minimum atomic E-state index is -3.72. The number of allylic oxidation sites excluding steroid dienone is 1. The van der Waals surface area contributed by atoms with Gasteiger partial charge in [0.2, 0.25) is 15.0 Å². The molecule has 0 amide bonds. The SMILES string of the molecule is O=S(=O)(CCC=C(F)F)c1nccn1-c1ccccc1. The van der Waals surface area contributed by atoms with Crippen LogP contribution in [-0.4, -0.2) is 23.7 Å². The predicted octanol–water partition coefficient (Wildman–Crippen LogP) is 2.82. The van der Waals surface area contributed by atoms with E-state index >= 15 is 0 Å². The van der Waals surface area contributed by atoms with Crippen molar-refractivity contribution in [2.75, 3.05) is 5.75 Å². The van der Waals surface area contributed by atoms with E-state index in [2.05, 4.69) is 4.98 Å². The Morgan fingerprint density at radius 1 is 1.25 bits per heavy atom. The second-order valence-electron chi connectivity index (χ2n) is 4.02. The lowest BCUT2D eigenvalue weighted by Crippen LogP contribution is -2.12. The van der Waals surface area contributed by atoms with E-state index < -0.39 is 21.7 Å². The molecule has 0 atom stereocenters. The maximum atomic E-state index is 12.1. The molecule has 0 aliphatic rings. The Morgan fingerprint density at radius 2 is 1.95 bits per heavy atom. The third-order valence-electron chi connectivity index (χ3n) is 2.60. The number of para-hydroxylation sites is 1. The molecule has 0 aliphatic heterocycles. The molecule has 0 spiro atoms. The van der Waals surface area contributed by atoms with E-state index in [0.717, 1.165) is 0 Å². The summed E-state index contributed by atoms with van der Waals surface area (Å²) in [5.74, 6) is -0.409. The zero-order chi connectivity index (χ0) is 14.6. The Hall–Kier alpha value is -2.02. The Morgan fingerprint density at radius 3 is 2.60 bits per heavy atom. The molecule has 20 heavy (non-hydrogen) atoms. The van der Waals surface area contributed by atoms with Gasteiger partial charge in [-0.3, -0.25) is 4.57 Å². The largest absolute Gasteiger partial charge is 0.291 e. The molecule has 7 heteroatoms. The van der Waals surface area contributed by atoms with E-state index in [4.69, 9.17) is 0 Å². The molecule has 0 radical (unpaired) electrons. The van der Waals surface area contributed by atoms with Crippen molar-refractivity contribution >= 4 is 9.84 Å². The van der Waals surface area contributed by atoms with Gasteiger partial charge in [-0.05, 0) is 24.6 Å². The molecular weight excluding hydrogens is 286 g/mol. The summed E-state index contributed by atoms with van der Waals surface area (Å²) in [6, 6.07) is 8.83. The Bertz CT molecular complexity index is 705. The van der Waals surface area contributed by atoms with Crippen molar-refractivity contribution in [2.45, 2.75) is 11.6 Å². The van der Waals surface area contributed by atoms with Gasteiger partial charge < -0.3 is 0 Å². The Kier molecular flexibility index (Phi) is 4.29. The molecule has 4 nitrogen and oxygen atoms in total. The van der Waals surface area contributed by atoms with Crippen LogP contribution in [-0.2, 0) is 9.84 Å². The average molecular weight is 298 g/mol. The summed E-state index contributed by atoms with van der Waals surface area (Å²) >= 11 is 0. The first-order valence-corrected chi connectivity index (χ1v) is 7.48. The fraction of sp³-hybridized carbons (Fsp3) is 0.154. The van der Waals surface area contributed by atoms with E-state index in [1.165, 1.54) is 17.0 Å². The van der Waals surface area contributed by atoms with E-state index in [-0.39, 0.29) is 11.6 Å². The predicted molar refractivity (Wildman–Crippen MR) is 70.5 cm³/mol. The van der Waals surface area contributed by atoms with Crippen LogP contribution in [0.15, 0.2) is 60.0 Å². The van der Waals surface area contributed by atoms with Gasteiger partial charge in [0.15, 0.2) is 0 Å². The first kappa shape index (κ1) is 14.4. The summed E-state index contributed by atoms with van der Waals surface area (Å²) < 4.78 is 49.5. The third kappa shape index (κ3) is 3.30. The summed E-state index contributed by atoms with van der Waals surface area (Å²) in [7, 11) is -3.72. The van der Waals surface area contributed by atoms with Crippen LogP contribution >= 0.6 is 0 Å². The lowest BCUT2D eigenvalue weighted by Gasteiger charge is -2.07. The molecule has 0 bridgehead atoms. The van der Waals surface area contributed by atoms with Crippen molar-refractivity contribution < 1.29 is 17.2 Å². The first-order chi connectivity index (χ1) is 9.50. The third-order valence-corrected chi connectivity index (χ3v) is 4.24. The quantitative estimate of drug-likeness (QED) is 0.853. The summed E-state index contributed by atoms with van der Waals surface area (Å²) in [4.78, 5) is 3.83. The molecule has 2 rings (SSSR count). The van der Waals surface area contributed by atoms with Gasteiger partial charge >= 0.3 is 0 Å². The van der Waals surface area contributed by atoms with Gasteiger partial charge in [0, 0.05) is 18.1 Å². The van der Waals surface area contributed by atoms with Crippen LogP contribution in [0.2, 0.25) is 0 Å². The summed E-state index contributed by atoms with van der Waals surface area (Å²) in [5.41, 5.74) is 0.649. The molecular formula is C13H12F2N2O2S. The van der Waals surface area contributed by atoms with Crippen molar-refractivity contribution in [1.29, 1.82) is 0 Å². The smallest absolute Gasteiger partial charge is 0.266 e. The number of nitrogens with zero attached hydrogens (tertiary/aromatic N) is 2. The minimum Gasteiger partial charge on any atom is -0.291 e. The molecule has 0 fully saturated rings. The second kappa shape index (κ2) is 5.96. The van der Waals surface area contributed by atoms with E-state index in [0.29, 0.717) is 11.8 Å². The lowest BCUT2D eigenvalue weighted by molar-refractivity contribution is 0.418. The number of imidazole rings is 1. The molecule has 2 aromatic rings. The zero-order valence-electron chi connectivity index (χ0n) is 10.4. The molecule has 1 aromatic carbocycles. The number of hydrogen-bond donors (Lipinski definition) is 0. The summed E-state index contributed by atoms with van der Waals surface area (Å²) in [6.45, 7) is 0. The average Bonchev–Trinajstić information content (AvgIpc) is 2.89. The highest BCUT2D eigenvalue weighted by atomic mass is 32.2. The van der Waals surface area contributed by atoms with Gasteiger partial charge in [0.1, 0.15) is 0 Å². The molecule has 0 aliphatic carbocycles. The highest BCUT2D eigenvalue weighted by molar-refractivity contribution is 7.91. The van der Waals surface area contributed by atoms with Crippen LogP contribution in [0.25, 0.3) is 5.69 Å². The molecule has 0 saturated heterocycles. The second-order valence-corrected chi connectivity index (χ2v) is 6.02. The summed E-state index contributed by atoms with van der Waals surface area (Å²) in [6.07, 6.45) is 1.35. The van der Waals surface area contributed by atoms with Crippen molar-refractivity contribution in [2.24, 2.45) is 0 Å². The first-order valence-electron chi connectivity index (χ1n) is 5.83. The van der Waals surface area contributed by atoms with Gasteiger partial charge in [-0.25, -0.2) is 13.4 Å². The normalized spacial score (nSPS) is 11.3. The van der Waals surface area contributed by atoms with Crippen LogP contribution in [0, 0.1) is 0 Å². The van der Waals surface area contributed by atoms with E-state index in [1.807, 2.05) is 6.07 Å². The highest BCUT2D eigenvalue weighted by Crippen LogP contribution is 2.16. The van der Waals surface area contributed by atoms with Crippen LogP contribution in [0.4, 0.5) is 8.78 Å². The standard InChI is InChI=1S/C13H12F2N2O2S/c14-12(15)7-4-10-20(18,19)13-16-8-9-17(13)11-5-2-1-3-6-11/h1-3,5-9H,4,10H2. The molecule has 106 valence electrons. The number of rotatable bonds is 5. The minimum absolute atomic E-state index is 0.142. The van der Waals surface area contributed by atoms with E-state index in [9.17, 15) is 17.2 Å². The molecule has 0 unspecified atom stereocenters. The van der Waals surface area contributed by atoms with Crippen molar-refractivity contribution in [3.63, 3.8) is 0 Å². The molecule has 0 saturated carbocycles. The van der Waals surface area contributed by atoms with Gasteiger partial charge in [0.05, 0.1) is 5.75 Å². The number of sulfone groups is 1. The molecule has 1 heterocycles. The van der Waals surface area contributed by atoms with E-state index in [1.54, 1.807) is 24.3 Å². The lowest BCUT2D eigenvalue weighted by atomic mass is 10.3. The molecule has 1 aromatic heterocycles. The van der Waals surface area contributed by atoms with Gasteiger partial charge in [-0.1, -0.05) is 18.2 Å². The number of aromatic nitrogens is 2. The van der Waals surface area contributed by atoms with Crippen LogP contribution < -0.4 is 0 Å². The Balaban J connectivity index is 2.30. The van der Waals surface area contributed by atoms with Gasteiger partial charge in [-0.15, -0.1) is 0 Å². The monoisotopic (exact) mass is 298 g/mol. The fourth-order valence-corrected chi connectivity index (χ4v) is 3.02. The maximum absolute atomic E-state index is 12.1. The fourth-order valence-electron chi connectivity index (χ4n) is 1.72. The van der Waals surface area contributed by atoms with Crippen molar-refractivity contribution in [3.8, 4) is 5.69 Å². The van der Waals surface area contributed by atoms with Crippen LogP contribution in [0.3, 0.4) is 0 Å².